The van der Waals surface area contributed by atoms with Gasteiger partial charge in [-0.3, -0.25) is 4.99 Å². The molecule has 1 aromatic carbocycles. The van der Waals surface area contributed by atoms with Crippen LogP contribution in [-0.2, 0) is 11.2 Å². The Kier molecular flexibility index (Phi) is 7.41. The number of methoxy groups -OCH3 is 1. The van der Waals surface area contributed by atoms with Crippen molar-refractivity contribution < 1.29 is 9.26 Å². The van der Waals surface area contributed by atoms with Gasteiger partial charge in [0.15, 0.2) is 5.96 Å². The lowest BCUT2D eigenvalue weighted by atomic mass is 10.1. The van der Waals surface area contributed by atoms with Gasteiger partial charge in [-0.25, -0.2) is 0 Å². The molecule has 0 radical (unpaired) electrons. The molecule has 0 atom stereocenters. The minimum absolute atomic E-state index is 0.303. The molecular weight excluding hydrogens is 354 g/mol. The number of ether oxygens (including phenoxy) is 1. The van der Waals surface area contributed by atoms with Crippen LogP contribution in [0.2, 0.25) is 5.02 Å². The lowest BCUT2D eigenvalue weighted by Crippen LogP contribution is -2.40. The molecule has 26 heavy (non-hydrogen) atoms. The molecule has 0 spiro atoms. The standard InChI is InChI=1S/C18H26ClN5O2/c1-5-20-17(22-12-18(2,3)25-4)21-11-10-15-23-16(24-26-15)13-6-8-14(19)9-7-13/h6-9H,5,10-12H2,1-4H3,(H2,20,21,22). The average molecular weight is 380 g/mol. The van der Waals surface area contributed by atoms with Crippen LogP contribution < -0.4 is 10.6 Å². The van der Waals surface area contributed by atoms with E-state index in [-0.39, 0.29) is 5.60 Å². The Hall–Kier alpha value is -2.12. The second-order valence-corrected chi connectivity index (χ2v) is 6.79. The number of hydrogen-bond donors (Lipinski definition) is 2. The van der Waals surface area contributed by atoms with E-state index in [2.05, 4.69) is 25.8 Å². The number of nitrogens with zero attached hydrogens (tertiary/aromatic N) is 3. The van der Waals surface area contributed by atoms with Crippen LogP contribution in [0, 0.1) is 0 Å². The Morgan fingerprint density at radius 1 is 1.27 bits per heavy atom. The van der Waals surface area contributed by atoms with Crippen molar-refractivity contribution in [1.29, 1.82) is 0 Å². The molecule has 0 saturated heterocycles. The number of benzene rings is 1. The van der Waals surface area contributed by atoms with Crippen LogP contribution in [0.15, 0.2) is 33.8 Å². The van der Waals surface area contributed by atoms with Crippen molar-refractivity contribution in [2.24, 2.45) is 4.99 Å². The molecule has 2 rings (SSSR count). The van der Waals surface area contributed by atoms with Crippen LogP contribution in [0.1, 0.15) is 26.7 Å². The third kappa shape index (κ3) is 6.31. The van der Waals surface area contributed by atoms with Gasteiger partial charge in [-0.15, -0.1) is 0 Å². The molecule has 1 aromatic heterocycles. The van der Waals surface area contributed by atoms with Crippen molar-refractivity contribution in [2.75, 3.05) is 26.7 Å². The number of aliphatic imine (C=N–C) groups is 1. The lowest BCUT2D eigenvalue weighted by Gasteiger charge is -2.21. The van der Waals surface area contributed by atoms with Crippen LogP contribution in [0.3, 0.4) is 0 Å². The van der Waals surface area contributed by atoms with E-state index in [1.54, 1.807) is 19.2 Å². The van der Waals surface area contributed by atoms with Gasteiger partial charge in [0, 0.05) is 37.2 Å². The molecule has 0 bridgehead atoms. The number of aromatic nitrogens is 2. The lowest BCUT2D eigenvalue weighted by molar-refractivity contribution is 0.0310. The van der Waals surface area contributed by atoms with E-state index in [0.29, 0.717) is 36.2 Å². The van der Waals surface area contributed by atoms with Crippen molar-refractivity contribution in [3.8, 4) is 11.4 Å². The van der Waals surface area contributed by atoms with Crippen molar-refractivity contribution in [3.63, 3.8) is 0 Å². The van der Waals surface area contributed by atoms with Crippen molar-refractivity contribution in [2.45, 2.75) is 32.8 Å². The minimum atomic E-state index is -0.303. The number of rotatable bonds is 8. The summed E-state index contributed by atoms with van der Waals surface area (Å²) in [5, 5.41) is 11.2. The topological polar surface area (TPSA) is 84.6 Å². The summed E-state index contributed by atoms with van der Waals surface area (Å²) in [6.45, 7) is 7.98. The molecule has 2 aromatic rings. The van der Waals surface area contributed by atoms with E-state index in [9.17, 15) is 0 Å². The summed E-state index contributed by atoms with van der Waals surface area (Å²) in [5.74, 6) is 1.85. The Labute approximate surface area is 159 Å². The Balaban J connectivity index is 1.89. The molecule has 0 saturated carbocycles. The first kappa shape index (κ1) is 20.2. The first-order chi connectivity index (χ1) is 12.4. The van der Waals surface area contributed by atoms with Crippen molar-refractivity contribution >= 4 is 17.6 Å². The fourth-order valence-electron chi connectivity index (χ4n) is 2.04. The molecule has 0 aliphatic carbocycles. The highest BCUT2D eigenvalue weighted by molar-refractivity contribution is 6.30. The summed E-state index contributed by atoms with van der Waals surface area (Å²) in [4.78, 5) is 8.95. The fraction of sp³-hybridized carbons (Fsp3) is 0.500. The average Bonchev–Trinajstić information content (AvgIpc) is 3.09. The van der Waals surface area contributed by atoms with E-state index in [4.69, 9.17) is 20.9 Å². The quantitative estimate of drug-likeness (QED) is 0.542. The molecule has 8 heteroatoms. The third-order valence-electron chi connectivity index (χ3n) is 3.72. The van der Waals surface area contributed by atoms with Gasteiger partial charge in [-0.1, -0.05) is 16.8 Å². The van der Waals surface area contributed by atoms with Gasteiger partial charge in [-0.05, 0) is 45.0 Å². The first-order valence-corrected chi connectivity index (χ1v) is 8.97. The van der Waals surface area contributed by atoms with Crippen LogP contribution in [0.4, 0.5) is 0 Å². The van der Waals surface area contributed by atoms with E-state index < -0.39 is 0 Å². The monoisotopic (exact) mass is 379 g/mol. The second-order valence-electron chi connectivity index (χ2n) is 6.35. The number of hydrogen-bond acceptors (Lipinski definition) is 5. The molecule has 1 heterocycles. The summed E-state index contributed by atoms with van der Waals surface area (Å²) >= 11 is 5.89. The Bertz CT molecular complexity index is 713. The van der Waals surface area contributed by atoms with Gasteiger partial charge < -0.3 is 19.9 Å². The normalized spacial score (nSPS) is 12.3. The molecule has 2 N–H and O–H groups in total. The molecule has 7 nitrogen and oxygen atoms in total. The van der Waals surface area contributed by atoms with Gasteiger partial charge >= 0.3 is 0 Å². The highest BCUT2D eigenvalue weighted by Gasteiger charge is 2.15. The summed E-state index contributed by atoms with van der Waals surface area (Å²) in [6.07, 6.45) is 0.596. The molecule has 0 unspecified atom stereocenters. The molecular formula is C18H26ClN5O2. The SMILES string of the molecule is CCNC(=NCC(C)(C)OC)NCCc1nc(-c2ccc(Cl)cc2)no1. The van der Waals surface area contributed by atoms with E-state index in [1.165, 1.54) is 0 Å². The molecule has 0 aliphatic heterocycles. The Morgan fingerprint density at radius 3 is 2.65 bits per heavy atom. The predicted molar refractivity (Wildman–Crippen MR) is 104 cm³/mol. The summed E-state index contributed by atoms with van der Waals surface area (Å²) in [7, 11) is 1.68. The summed E-state index contributed by atoms with van der Waals surface area (Å²) in [5.41, 5.74) is 0.566. The summed E-state index contributed by atoms with van der Waals surface area (Å²) in [6, 6.07) is 7.33. The van der Waals surface area contributed by atoms with Crippen LogP contribution in [-0.4, -0.2) is 48.4 Å². The van der Waals surface area contributed by atoms with Crippen molar-refractivity contribution in [3.05, 3.63) is 35.2 Å². The van der Waals surface area contributed by atoms with Crippen molar-refractivity contribution in [1.82, 2.24) is 20.8 Å². The fourth-order valence-corrected chi connectivity index (χ4v) is 2.16. The number of halogens is 1. The maximum atomic E-state index is 5.89. The predicted octanol–water partition coefficient (Wildman–Crippen LogP) is 2.91. The maximum absolute atomic E-state index is 5.89. The Morgan fingerprint density at radius 2 is 2.00 bits per heavy atom. The van der Waals surface area contributed by atoms with Crippen LogP contribution in [0.5, 0.6) is 0 Å². The zero-order valence-corrected chi connectivity index (χ0v) is 16.4. The zero-order valence-electron chi connectivity index (χ0n) is 15.7. The number of nitrogens with one attached hydrogen (secondary N) is 2. The highest BCUT2D eigenvalue weighted by Crippen LogP contribution is 2.18. The van der Waals surface area contributed by atoms with Gasteiger partial charge in [0.05, 0.1) is 12.1 Å². The minimum Gasteiger partial charge on any atom is -0.377 e. The smallest absolute Gasteiger partial charge is 0.228 e. The molecule has 0 fully saturated rings. The van der Waals surface area contributed by atoms with Crippen LogP contribution in [0.25, 0.3) is 11.4 Å². The number of guanidine groups is 1. The van der Waals surface area contributed by atoms with E-state index >= 15 is 0 Å². The first-order valence-electron chi connectivity index (χ1n) is 8.59. The third-order valence-corrected chi connectivity index (χ3v) is 3.97. The van der Waals surface area contributed by atoms with E-state index in [1.807, 2.05) is 32.9 Å². The van der Waals surface area contributed by atoms with Gasteiger partial charge in [0.2, 0.25) is 11.7 Å². The largest absolute Gasteiger partial charge is 0.377 e. The van der Waals surface area contributed by atoms with Crippen LogP contribution >= 0.6 is 11.6 Å². The molecule has 142 valence electrons. The second kappa shape index (κ2) is 9.54. The highest BCUT2D eigenvalue weighted by atomic mass is 35.5. The van der Waals surface area contributed by atoms with Gasteiger partial charge in [0.1, 0.15) is 0 Å². The van der Waals surface area contributed by atoms with E-state index in [0.717, 1.165) is 18.1 Å². The summed E-state index contributed by atoms with van der Waals surface area (Å²) < 4.78 is 10.7. The van der Waals surface area contributed by atoms with Gasteiger partial charge in [-0.2, -0.15) is 4.98 Å². The van der Waals surface area contributed by atoms with Gasteiger partial charge in [0.25, 0.3) is 0 Å². The zero-order chi connectivity index (χ0) is 19.0. The molecule has 0 amide bonds. The maximum Gasteiger partial charge on any atom is 0.228 e. The molecule has 0 aliphatic rings.